The van der Waals surface area contributed by atoms with Crippen molar-refractivity contribution in [2.45, 2.75) is 83.6 Å². The molecule has 0 saturated heterocycles. The summed E-state index contributed by atoms with van der Waals surface area (Å²) in [6.07, 6.45) is 12.3. The lowest BCUT2D eigenvalue weighted by molar-refractivity contribution is -0.142. The fourth-order valence-corrected chi connectivity index (χ4v) is 4.11. The van der Waals surface area contributed by atoms with Crippen molar-refractivity contribution in [1.82, 2.24) is 10.1 Å². The van der Waals surface area contributed by atoms with Gasteiger partial charge in [-0.1, -0.05) is 93.8 Å². The van der Waals surface area contributed by atoms with E-state index in [1.165, 1.54) is 58.3 Å². The molecule has 172 valence electrons. The Balaban J connectivity index is 1.64. The molecule has 3 aromatic rings. The minimum absolute atomic E-state index is 0.452. The average molecular weight is 438 g/mol. The van der Waals surface area contributed by atoms with Crippen molar-refractivity contribution in [3.63, 3.8) is 0 Å². The van der Waals surface area contributed by atoms with Crippen molar-refractivity contribution in [3.05, 3.63) is 47.8 Å². The van der Waals surface area contributed by atoms with Crippen LogP contribution in [0.3, 0.4) is 0 Å². The first-order chi connectivity index (χ1) is 15.4. The lowest BCUT2D eigenvalue weighted by atomic mass is 9.87. The highest BCUT2D eigenvalue weighted by Crippen LogP contribution is 2.34. The summed E-state index contributed by atoms with van der Waals surface area (Å²) in [5.41, 5.74) is 5.96. The molecule has 1 unspecified atom stereocenters. The third kappa shape index (κ3) is 5.74. The maximum Gasteiger partial charge on any atom is 0.328 e. The lowest BCUT2D eigenvalue weighted by Gasteiger charge is -2.22. The SMILES string of the molecule is CCCCCCCCCCCc1noc(-c2ccc(C(C)(N)C(=O)O)c3ccccc23)n1. The molecular formula is C26H35N3O3. The van der Waals surface area contributed by atoms with Crippen LogP contribution in [0.1, 0.15) is 83.0 Å². The van der Waals surface area contributed by atoms with Crippen molar-refractivity contribution in [1.29, 1.82) is 0 Å². The maximum atomic E-state index is 11.7. The van der Waals surface area contributed by atoms with E-state index in [-0.39, 0.29) is 0 Å². The molecule has 3 N–H and O–H groups in total. The molecule has 6 heteroatoms. The van der Waals surface area contributed by atoms with Crippen LogP contribution < -0.4 is 5.73 Å². The Morgan fingerprint density at radius 2 is 1.59 bits per heavy atom. The lowest BCUT2D eigenvalue weighted by Crippen LogP contribution is -2.41. The zero-order valence-corrected chi connectivity index (χ0v) is 19.3. The number of carbonyl (C=O) groups is 1. The zero-order valence-electron chi connectivity index (χ0n) is 19.3. The molecule has 0 aliphatic rings. The number of aliphatic carboxylic acids is 1. The van der Waals surface area contributed by atoms with Crippen LogP contribution in [-0.2, 0) is 16.8 Å². The number of fused-ring (bicyclic) bond motifs is 1. The molecule has 0 aliphatic heterocycles. The van der Waals surface area contributed by atoms with Gasteiger partial charge in [-0.15, -0.1) is 0 Å². The highest BCUT2D eigenvalue weighted by atomic mass is 16.5. The molecule has 0 bridgehead atoms. The van der Waals surface area contributed by atoms with Crippen LogP contribution in [0.15, 0.2) is 40.9 Å². The van der Waals surface area contributed by atoms with Gasteiger partial charge >= 0.3 is 5.97 Å². The van der Waals surface area contributed by atoms with E-state index in [1.807, 2.05) is 30.3 Å². The number of carboxylic acid groups (broad SMARTS) is 1. The van der Waals surface area contributed by atoms with Crippen LogP contribution in [0.4, 0.5) is 0 Å². The maximum absolute atomic E-state index is 11.7. The Morgan fingerprint density at radius 3 is 2.25 bits per heavy atom. The summed E-state index contributed by atoms with van der Waals surface area (Å²) in [4.78, 5) is 16.3. The van der Waals surface area contributed by atoms with E-state index in [1.54, 1.807) is 6.07 Å². The molecule has 1 heterocycles. The Hall–Kier alpha value is -2.73. The predicted octanol–water partition coefficient (Wildman–Crippen LogP) is 6.22. The third-order valence-corrected chi connectivity index (χ3v) is 6.13. The first-order valence-corrected chi connectivity index (χ1v) is 11.8. The van der Waals surface area contributed by atoms with E-state index in [4.69, 9.17) is 10.3 Å². The largest absolute Gasteiger partial charge is 0.480 e. The second kappa shape index (κ2) is 11.2. The highest BCUT2D eigenvalue weighted by molar-refractivity contribution is 5.99. The van der Waals surface area contributed by atoms with Gasteiger partial charge < -0.3 is 15.4 Å². The van der Waals surface area contributed by atoms with Gasteiger partial charge in [-0.25, -0.2) is 4.79 Å². The van der Waals surface area contributed by atoms with Crippen LogP contribution in [0.5, 0.6) is 0 Å². The van der Waals surface area contributed by atoms with E-state index >= 15 is 0 Å². The van der Waals surface area contributed by atoms with Crippen molar-refractivity contribution in [3.8, 4) is 11.5 Å². The van der Waals surface area contributed by atoms with E-state index in [0.717, 1.165) is 29.2 Å². The van der Waals surface area contributed by atoms with Crippen molar-refractivity contribution >= 4 is 16.7 Å². The summed E-state index contributed by atoms with van der Waals surface area (Å²) < 4.78 is 5.56. The van der Waals surface area contributed by atoms with Gasteiger partial charge in [0.15, 0.2) is 5.82 Å². The molecule has 6 nitrogen and oxygen atoms in total. The molecule has 1 aromatic heterocycles. The minimum Gasteiger partial charge on any atom is -0.480 e. The van der Waals surface area contributed by atoms with Gasteiger partial charge in [0.25, 0.3) is 5.89 Å². The second-order valence-electron chi connectivity index (χ2n) is 8.81. The van der Waals surface area contributed by atoms with Crippen molar-refractivity contribution in [2.75, 3.05) is 0 Å². The Labute approximate surface area is 190 Å². The fraction of sp³-hybridized carbons (Fsp3) is 0.500. The summed E-state index contributed by atoms with van der Waals surface area (Å²) in [5.74, 6) is 0.0921. The number of carboxylic acids is 1. The molecule has 0 saturated carbocycles. The number of nitrogens with zero attached hydrogens (tertiary/aromatic N) is 2. The number of aromatic nitrogens is 2. The zero-order chi connectivity index (χ0) is 23.0. The Kier molecular flexibility index (Phi) is 8.39. The summed E-state index contributed by atoms with van der Waals surface area (Å²) in [6, 6.07) is 11.1. The van der Waals surface area contributed by atoms with Gasteiger partial charge in [-0.2, -0.15) is 4.98 Å². The number of aryl methyl sites for hydroxylation is 1. The quantitative estimate of drug-likeness (QED) is 0.308. The van der Waals surface area contributed by atoms with Gasteiger partial charge in [0, 0.05) is 12.0 Å². The molecule has 0 fully saturated rings. The molecule has 0 spiro atoms. The molecule has 0 aliphatic carbocycles. The molecule has 2 aromatic carbocycles. The van der Waals surface area contributed by atoms with Crippen molar-refractivity contribution in [2.24, 2.45) is 5.73 Å². The molecule has 32 heavy (non-hydrogen) atoms. The van der Waals surface area contributed by atoms with Crippen LogP contribution in [0.2, 0.25) is 0 Å². The topological polar surface area (TPSA) is 102 Å². The molecular weight excluding hydrogens is 402 g/mol. The normalized spacial score (nSPS) is 13.3. The van der Waals surface area contributed by atoms with Gasteiger partial charge in [-0.3, -0.25) is 0 Å². The smallest absolute Gasteiger partial charge is 0.328 e. The molecule has 0 radical (unpaired) electrons. The predicted molar refractivity (Wildman–Crippen MR) is 127 cm³/mol. The van der Waals surface area contributed by atoms with Crippen LogP contribution in [0.25, 0.3) is 22.2 Å². The Morgan fingerprint density at radius 1 is 0.969 bits per heavy atom. The minimum atomic E-state index is -1.49. The number of hydrogen-bond donors (Lipinski definition) is 2. The highest BCUT2D eigenvalue weighted by Gasteiger charge is 2.32. The first-order valence-electron chi connectivity index (χ1n) is 11.8. The molecule has 0 amide bonds. The summed E-state index contributed by atoms with van der Waals surface area (Å²) in [5, 5.41) is 15.3. The molecule has 3 rings (SSSR count). The van der Waals surface area contributed by atoms with E-state index < -0.39 is 11.5 Å². The van der Waals surface area contributed by atoms with Crippen LogP contribution >= 0.6 is 0 Å². The van der Waals surface area contributed by atoms with E-state index in [9.17, 15) is 9.90 Å². The number of unbranched alkanes of at least 4 members (excludes halogenated alkanes) is 8. The number of nitrogens with two attached hydrogens (primary N) is 1. The van der Waals surface area contributed by atoms with Crippen LogP contribution in [-0.4, -0.2) is 21.2 Å². The number of benzene rings is 2. The van der Waals surface area contributed by atoms with E-state index in [2.05, 4.69) is 17.1 Å². The fourth-order valence-electron chi connectivity index (χ4n) is 4.11. The Bertz CT molecular complexity index is 1030. The van der Waals surface area contributed by atoms with Crippen molar-refractivity contribution < 1.29 is 14.4 Å². The second-order valence-corrected chi connectivity index (χ2v) is 8.81. The average Bonchev–Trinajstić information content (AvgIpc) is 3.25. The number of rotatable bonds is 13. The monoisotopic (exact) mass is 437 g/mol. The molecule has 1 atom stereocenters. The standard InChI is InChI=1S/C26H35N3O3/c1-3-4-5-6-7-8-9-10-11-16-23-28-24(32-29-23)21-17-18-22(26(2,27)25(30)31)20-15-13-12-14-19(20)21/h12-15,17-18H,3-11,16,27H2,1-2H3,(H,30,31). The summed E-state index contributed by atoms with van der Waals surface area (Å²) >= 11 is 0. The third-order valence-electron chi connectivity index (χ3n) is 6.13. The first kappa shape index (κ1) is 23.9. The van der Waals surface area contributed by atoms with Crippen LogP contribution in [0, 0.1) is 0 Å². The summed E-state index contributed by atoms with van der Waals surface area (Å²) in [6.45, 7) is 3.75. The number of hydrogen-bond acceptors (Lipinski definition) is 5. The van der Waals surface area contributed by atoms with Gasteiger partial charge in [0.1, 0.15) is 5.54 Å². The van der Waals surface area contributed by atoms with E-state index in [0.29, 0.717) is 17.3 Å². The van der Waals surface area contributed by atoms with Gasteiger partial charge in [0.05, 0.1) is 0 Å². The van der Waals surface area contributed by atoms with Gasteiger partial charge in [-0.05, 0) is 35.7 Å². The van der Waals surface area contributed by atoms with Gasteiger partial charge in [0.2, 0.25) is 0 Å². The summed E-state index contributed by atoms with van der Waals surface area (Å²) in [7, 11) is 0.